The molecule has 2 aromatic rings. The van der Waals surface area contributed by atoms with Crippen LogP contribution in [0, 0.1) is 5.82 Å². The largest absolute Gasteiger partial charge is 0.350 e. The van der Waals surface area contributed by atoms with Gasteiger partial charge in [0, 0.05) is 17.7 Å². The minimum Gasteiger partial charge on any atom is -0.350 e. The highest BCUT2D eigenvalue weighted by Crippen LogP contribution is 2.19. The van der Waals surface area contributed by atoms with Crippen LogP contribution in [0.15, 0.2) is 60.7 Å². The summed E-state index contributed by atoms with van der Waals surface area (Å²) in [6.07, 6.45) is 3.29. The molecule has 122 valence electrons. The molecule has 2 N–H and O–H groups in total. The Balaban J connectivity index is 1.83. The molecule has 1 aliphatic rings. The Hall–Kier alpha value is -2.95. The number of halogens is 1. The number of hydrogen-bond acceptors (Lipinski definition) is 2. The maximum absolute atomic E-state index is 13.1. The van der Waals surface area contributed by atoms with Crippen molar-refractivity contribution in [1.29, 1.82) is 0 Å². The molecule has 24 heavy (non-hydrogen) atoms. The summed E-state index contributed by atoms with van der Waals surface area (Å²) in [5.74, 6) is -0.981. The molecule has 0 aromatic heterocycles. The molecular weight excluding hydrogens is 307 g/mol. The lowest BCUT2D eigenvalue weighted by atomic mass is 10.1. The van der Waals surface area contributed by atoms with Crippen LogP contribution in [0.3, 0.4) is 0 Å². The third-order valence-electron chi connectivity index (χ3n) is 3.64. The maximum atomic E-state index is 13.1. The minimum atomic E-state index is -0.380. The first kappa shape index (κ1) is 15.9. The van der Waals surface area contributed by atoms with Crippen molar-refractivity contribution < 1.29 is 14.0 Å². The van der Waals surface area contributed by atoms with Crippen LogP contribution in [-0.4, -0.2) is 17.9 Å². The van der Waals surface area contributed by atoms with E-state index in [0.717, 1.165) is 12.8 Å². The lowest BCUT2D eigenvalue weighted by Gasteiger charge is -2.11. The van der Waals surface area contributed by atoms with Crippen LogP contribution in [0.1, 0.15) is 28.8 Å². The molecule has 2 aromatic carbocycles. The fourth-order valence-electron chi connectivity index (χ4n) is 2.21. The quantitative estimate of drug-likeness (QED) is 0.831. The highest BCUT2D eigenvalue weighted by Gasteiger charge is 2.23. The second-order valence-electron chi connectivity index (χ2n) is 5.67. The van der Waals surface area contributed by atoms with Gasteiger partial charge in [-0.2, -0.15) is 0 Å². The molecule has 0 heterocycles. The molecule has 0 aliphatic heterocycles. The van der Waals surface area contributed by atoms with E-state index in [4.69, 9.17) is 0 Å². The summed E-state index contributed by atoms with van der Waals surface area (Å²) in [4.78, 5) is 24.4. The van der Waals surface area contributed by atoms with Gasteiger partial charge in [0.05, 0.1) is 5.70 Å². The summed E-state index contributed by atoms with van der Waals surface area (Å²) >= 11 is 0. The van der Waals surface area contributed by atoms with Crippen LogP contribution >= 0.6 is 0 Å². The second kappa shape index (κ2) is 7.08. The molecular formula is C19H17FN2O2. The highest BCUT2D eigenvalue weighted by molar-refractivity contribution is 6.03. The molecule has 0 saturated heterocycles. The molecule has 0 radical (unpaired) electrons. The Morgan fingerprint density at radius 1 is 0.958 bits per heavy atom. The van der Waals surface area contributed by atoms with Crippen molar-refractivity contribution in [1.82, 2.24) is 10.6 Å². The van der Waals surface area contributed by atoms with Crippen molar-refractivity contribution in [2.75, 3.05) is 0 Å². The van der Waals surface area contributed by atoms with Crippen LogP contribution in [-0.2, 0) is 4.79 Å². The molecule has 3 rings (SSSR count). The number of carbonyl (C=O) groups excluding carboxylic acids is 2. The van der Waals surface area contributed by atoms with Gasteiger partial charge in [0.1, 0.15) is 5.82 Å². The van der Waals surface area contributed by atoms with E-state index in [0.29, 0.717) is 16.8 Å². The number of hydrogen-bond donors (Lipinski definition) is 2. The SMILES string of the molecule is O=C(C=C(NC(=O)c1ccccc1)c1ccc(F)cc1)NC1CC1. The minimum absolute atomic E-state index is 0.216. The molecule has 4 nitrogen and oxygen atoms in total. The van der Waals surface area contributed by atoms with Gasteiger partial charge in [0.15, 0.2) is 0 Å². The van der Waals surface area contributed by atoms with Crippen molar-refractivity contribution in [3.05, 3.63) is 77.6 Å². The lowest BCUT2D eigenvalue weighted by Crippen LogP contribution is -2.27. The van der Waals surface area contributed by atoms with Gasteiger partial charge >= 0.3 is 0 Å². The van der Waals surface area contributed by atoms with Crippen molar-refractivity contribution in [3.8, 4) is 0 Å². The van der Waals surface area contributed by atoms with Gasteiger partial charge in [-0.05, 0) is 54.8 Å². The van der Waals surface area contributed by atoms with Gasteiger partial charge in [0.25, 0.3) is 5.91 Å². The van der Waals surface area contributed by atoms with E-state index in [1.807, 2.05) is 6.07 Å². The Morgan fingerprint density at radius 2 is 1.62 bits per heavy atom. The number of benzene rings is 2. The lowest BCUT2D eigenvalue weighted by molar-refractivity contribution is -0.116. The summed E-state index contributed by atoms with van der Waals surface area (Å²) in [5, 5.41) is 5.57. The summed E-state index contributed by atoms with van der Waals surface area (Å²) in [5.41, 5.74) is 1.38. The highest BCUT2D eigenvalue weighted by atomic mass is 19.1. The maximum Gasteiger partial charge on any atom is 0.255 e. The zero-order valence-corrected chi connectivity index (χ0v) is 13.0. The van der Waals surface area contributed by atoms with Crippen molar-refractivity contribution in [3.63, 3.8) is 0 Å². The van der Waals surface area contributed by atoms with Crippen LogP contribution < -0.4 is 10.6 Å². The molecule has 0 spiro atoms. The third-order valence-corrected chi connectivity index (χ3v) is 3.64. The first-order chi connectivity index (χ1) is 11.6. The van der Waals surface area contributed by atoms with Crippen molar-refractivity contribution in [2.45, 2.75) is 18.9 Å². The van der Waals surface area contributed by atoms with Crippen LogP contribution in [0.5, 0.6) is 0 Å². The average molecular weight is 324 g/mol. The molecule has 5 heteroatoms. The fraction of sp³-hybridized carbons (Fsp3) is 0.158. The monoisotopic (exact) mass is 324 g/mol. The molecule has 0 unspecified atom stereocenters. The Labute approximate surface area is 139 Å². The van der Waals surface area contributed by atoms with E-state index in [1.165, 1.54) is 30.3 Å². The number of amides is 2. The Bertz CT molecular complexity index is 766. The van der Waals surface area contributed by atoms with Gasteiger partial charge in [-0.15, -0.1) is 0 Å². The summed E-state index contributed by atoms with van der Waals surface area (Å²) in [6, 6.07) is 14.5. The molecule has 0 atom stereocenters. The van der Waals surface area contributed by atoms with Gasteiger partial charge in [-0.1, -0.05) is 18.2 Å². The van der Waals surface area contributed by atoms with E-state index in [1.54, 1.807) is 24.3 Å². The van der Waals surface area contributed by atoms with Crippen molar-refractivity contribution >= 4 is 17.5 Å². The van der Waals surface area contributed by atoms with E-state index in [9.17, 15) is 14.0 Å². The van der Waals surface area contributed by atoms with E-state index >= 15 is 0 Å². The zero-order chi connectivity index (χ0) is 16.9. The third kappa shape index (κ3) is 4.29. The number of carbonyl (C=O) groups is 2. The molecule has 1 fully saturated rings. The van der Waals surface area contributed by atoms with E-state index < -0.39 is 0 Å². The van der Waals surface area contributed by atoms with Gasteiger partial charge in [-0.3, -0.25) is 9.59 Å². The van der Waals surface area contributed by atoms with Crippen LogP contribution in [0.25, 0.3) is 5.70 Å². The zero-order valence-electron chi connectivity index (χ0n) is 13.0. The van der Waals surface area contributed by atoms with Gasteiger partial charge in [-0.25, -0.2) is 4.39 Å². The Morgan fingerprint density at radius 3 is 2.25 bits per heavy atom. The van der Waals surface area contributed by atoms with Crippen molar-refractivity contribution in [2.24, 2.45) is 0 Å². The normalized spacial score (nSPS) is 14.1. The standard InChI is InChI=1S/C19H17FN2O2/c20-15-8-6-13(7-9-15)17(12-18(23)21-16-10-11-16)22-19(24)14-4-2-1-3-5-14/h1-9,12,16H,10-11H2,(H,21,23)(H,22,24). The second-order valence-corrected chi connectivity index (χ2v) is 5.67. The topological polar surface area (TPSA) is 58.2 Å². The smallest absolute Gasteiger partial charge is 0.255 e. The first-order valence-corrected chi connectivity index (χ1v) is 7.76. The van der Waals surface area contributed by atoms with E-state index in [2.05, 4.69) is 10.6 Å². The molecule has 1 aliphatic carbocycles. The van der Waals surface area contributed by atoms with Gasteiger partial charge < -0.3 is 10.6 Å². The van der Waals surface area contributed by atoms with E-state index in [-0.39, 0.29) is 23.7 Å². The molecule has 1 saturated carbocycles. The van der Waals surface area contributed by atoms with Gasteiger partial charge in [0.2, 0.25) is 5.91 Å². The fourth-order valence-corrected chi connectivity index (χ4v) is 2.21. The predicted molar refractivity (Wildman–Crippen MR) is 89.4 cm³/mol. The molecule has 0 bridgehead atoms. The average Bonchev–Trinajstić information content (AvgIpc) is 3.39. The van der Waals surface area contributed by atoms with Crippen LogP contribution in [0.2, 0.25) is 0 Å². The summed E-state index contributed by atoms with van der Waals surface area (Å²) in [7, 11) is 0. The number of nitrogens with one attached hydrogen (secondary N) is 2. The summed E-state index contributed by atoms with van der Waals surface area (Å²) in [6.45, 7) is 0. The van der Waals surface area contributed by atoms with Crippen LogP contribution in [0.4, 0.5) is 4.39 Å². The molecule has 2 amide bonds. The summed E-state index contributed by atoms with van der Waals surface area (Å²) < 4.78 is 13.1. The first-order valence-electron chi connectivity index (χ1n) is 7.76. The predicted octanol–water partition coefficient (Wildman–Crippen LogP) is 2.88. The Kier molecular flexibility index (Phi) is 4.70. The number of rotatable bonds is 5.